The van der Waals surface area contributed by atoms with Gasteiger partial charge in [-0.1, -0.05) is 78.6 Å². The first-order valence-electron chi connectivity index (χ1n) is 5.78. The van der Waals surface area contributed by atoms with Gasteiger partial charge < -0.3 is 0 Å². The van der Waals surface area contributed by atoms with Gasteiger partial charge >= 0.3 is 0 Å². The zero-order chi connectivity index (χ0) is 13.7. The van der Waals surface area contributed by atoms with Gasteiger partial charge in [-0.15, -0.1) is 0 Å². The number of hydrogen-bond acceptors (Lipinski definition) is 3. The number of likely N-dealkylation sites (N-methyl/N-ethyl adjacent to an activating group) is 1. The van der Waals surface area contributed by atoms with Gasteiger partial charge in [-0.05, 0) is 11.6 Å². The fourth-order valence-corrected chi connectivity index (χ4v) is 2.63. The third-order valence-electron chi connectivity index (χ3n) is 2.54. The van der Waals surface area contributed by atoms with E-state index >= 15 is 0 Å². The second-order valence-electron chi connectivity index (χ2n) is 3.92. The third-order valence-corrected chi connectivity index (χ3v) is 4.05. The van der Waals surface area contributed by atoms with E-state index in [9.17, 15) is 4.79 Å². The quantitative estimate of drug-likeness (QED) is 0.481. The second kappa shape index (κ2) is 6.50. The first-order valence-corrected chi connectivity index (χ1v) is 7.01. The molecule has 1 saturated heterocycles. The Labute approximate surface area is 122 Å². The van der Waals surface area contributed by atoms with E-state index in [1.807, 2.05) is 54.6 Å². The predicted octanol–water partition coefficient (Wildman–Crippen LogP) is 3.63. The number of nitrogens with zero attached hydrogens (tertiary/aromatic N) is 1. The Kier molecular flexibility index (Phi) is 4.71. The van der Waals surface area contributed by atoms with Crippen molar-refractivity contribution in [3.63, 3.8) is 0 Å². The highest BCUT2D eigenvalue weighted by Gasteiger charge is 2.27. The highest BCUT2D eigenvalue weighted by atomic mass is 32.2. The van der Waals surface area contributed by atoms with Crippen LogP contribution in [0.3, 0.4) is 0 Å². The van der Waals surface area contributed by atoms with Crippen molar-refractivity contribution in [2.45, 2.75) is 0 Å². The molecule has 2 rings (SSSR count). The molecule has 1 amide bonds. The molecule has 0 saturated carbocycles. The van der Waals surface area contributed by atoms with Crippen molar-refractivity contribution in [2.24, 2.45) is 0 Å². The van der Waals surface area contributed by atoms with Gasteiger partial charge in [0.15, 0.2) is 0 Å². The number of rotatable bonds is 3. The van der Waals surface area contributed by atoms with E-state index in [0.717, 1.165) is 5.56 Å². The Morgan fingerprint density at radius 1 is 1.16 bits per heavy atom. The Bertz CT molecular complexity index is 573. The Morgan fingerprint density at radius 2 is 1.89 bits per heavy atom. The number of allylic oxidation sites excluding steroid dienone is 4. The average molecular weight is 287 g/mol. The van der Waals surface area contributed by atoms with E-state index in [1.54, 1.807) is 13.1 Å². The summed E-state index contributed by atoms with van der Waals surface area (Å²) >= 11 is 6.38. The smallest absolute Gasteiger partial charge is 0.265 e. The Morgan fingerprint density at radius 3 is 2.53 bits per heavy atom. The van der Waals surface area contributed by atoms with Crippen LogP contribution in [0.4, 0.5) is 0 Å². The number of amides is 1. The molecule has 2 nitrogen and oxygen atoms in total. The SMILES string of the molecule is CN1C(=O)\C(=C/C=C/C=C/c2ccccc2)SC1=S. The molecule has 1 fully saturated rings. The number of carbonyl (C=O) groups excluding carboxylic acids is 1. The van der Waals surface area contributed by atoms with Crippen LogP contribution in [0, 0.1) is 0 Å². The molecule has 0 spiro atoms. The molecule has 19 heavy (non-hydrogen) atoms. The number of thioether (sulfide) groups is 1. The lowest BCUT2D eigenvalue weighted by Gasteiger charge is -2.03. The van der Waals surface area contributed by atoms with Crippen molar-refractivity contribution in [1.29, 1.82) is 0 Å². The van der Waals surface area contributed by atoms with Crippen molar-refractivity contribution in [1.82, 2.24) is 4.90 Å². The van der Waals surface area contributed by atoms with Crippen LogP contribution in [0.15, 0.2) is 59.5 Å². The summed E-state index contributed by atoms with van der Waals surface area (Å²) in [5.41, 5.74) is 1.15. The zero-order valence-corrected chi connectivity index (χ0v) is 12.1. The van der Waals surface area contributed by atoms with E-state index in [2.05, 4.69) is 0 Å². The summed E-state index contributed by atoms with van der Waals surface area (Å²) in [4.78, 5) is 13.8. The van der Waals surface area contributed by atoms with Gasteiger partial charge in [0.05, 0.1) is 4.91 Å². The monoisotopic (exact) mass is 287 g/mol. The molecule has 0 atom stereocenters. The summed E-state index contributed by atoms with van der Waals surface area (Å²) < 4.78 is 0.601. The number of thiocarbonyl (C=S) groups is 1. The molecule has 96 valence electrons. The molecule has 1 heterocycles. The van der Waals surface area contributed by atoms with Crippen LogP contribution >= 0.6 is 24.0 Å². The minimum Gasteiger partial charge on any atom is -0.296 e. The van der Waals surface area contributed by atoms with Crippen LogP contribution in [0.2, 0.25) is 0 Å². The van der Waals surface area contributed by atoms with Gasteiger partial charge in [0.2, 0.25) is 0 Å². The molecule has 0 bridgehead atoms. The lowest BCUT2D eigenvalue weighted by atomic mass is 10.2. The molecule has 0 radical (unpaired) electrons. The Balaban J connectivity index is 1.96. The van der Waals surface area contributed by atoms with Gasteiger partial charge in [0.1, 0.15) is 4.32 Å². The van der Waals surface area contributed by atoms with E-state index in [-0.39, 0.29) is 5.91 Å². The van der Waals surface area contributed by atoms with Crippen LogP contribution < -0.4 is 0 Å². The van der Waals surface area contributed by atoms with Gasteiger partial charge in [-0.3, -0.25) is 9.69 Å². The van der Waals surface area contributed by atoms with Crippen molar-refractivity contribution >= 4 is 40.3 Å². The molecule has 0 N–H and O–H groups in total. The van der Waals surface area contributed by atoms with E-state index in [1.165, 1.54) is 16.7 Å². The van der Waals surface area contributed by atoms with Gasteiger partial charge in [-0.2, -0.15) is 0 Å². The lowest BCUT2D eigenvalue weighted by Crippen LogP contribution is -2.22. The maximum Gasteiger partial charge on any atom is 0.265 e. The van der Waals surface area contributed by atoms with Crippen LogP contribution in [-0.4, -0.2) is 22.2 Å². The predicted molar refractivity (Wildman–Crippen MR) is 85.7 cm³/mol. The maximum atomic E-state index is 11.7. The molecular formula is C15H13NOS2. The first-order chi connectivity index (χ1) is 9.18. The van der Waals surface area contributed by atoms with Crippen LogP contribution in [0.5, 0.6) is 0 Å². The van der Waals surface area contributed by atoms with Crippen molar-refractivity contribution in [3.05, 3.63) is 65.1 Å². The van der Waals surface area contributed by atoms with Crippen molar-refractivity contribution in [3.8, 4) is 0 Å². The highest BCUT2D eigenvalue weighted by molar-refractivity contribution is 8.26. The average Bonchev–Trinajstić information content (AvgIpc) is 2.67. The molecule has 0 unspecified atom stereocenters. The number of hydrogen-bond donors (Lipinski definition) is 0. The van der Waals surface area contributed by atoms with Crippen molar-refractivity contribution < 1.29 is 4.79 Å². The molecule has 0 aromatic heterocycles. The summed E-state index contributed by atoms with van der Waals surface area (Å²) in [5.74, 6) is -0.0355. The van der Waals surface area contributed by atoms with Crippen molar-refractivity contribution in [2.75, 3.05) is 7.05 Å². The molecule has 1 aliphatic heterocycles. The minimum absolute atomic E-state index is 0.0355. The summed E-state index contributed by atoms with van der Waals surface area (Å²) in [6.07, 6.45) is 9.49. The number of benzene rings is 1. The molecular weight excluding hydrogens is 274 g/mol. The molecule has 4 heteroatoms. The summed E-state index contributed by atoms with van der Waals surface area (Å²) in [6, 6.07) is 10.0. The van der Waals surface area contributed by atoms with Crippen LogP contribution in [-0.2, 0) is 4.79 Å². The molecule has 1 aromatic rings. The van der Waals surface area contributed by atoms with Crippen LogP contribution in [0.1, 0.15) is 5.56 Å². The maximum absolute atomic E-state index is 11.7. The topological polar surface area (TPSA) is 20.3 Å². The van der Waals surface area contributed by atoms with Gasteiger partial charge in [0.25, 0.3) is 5.91 Å². The number of carbonyl (C=O) groups is 1. The van der Waals surface area contributed by atoms with Gasteiger partial charge in [0, 0.05) is 7.05 Å². The fourth-order valence-electron chi connectivity index (χ4n) is 1.50. The highest BCUT2D eigenvalue weighted by Crippen LogP contribution is 2.29. The van der Waals surface area contributed by atoms with Crippen LogP contribution in [0.25, 0.3) is 6.08 Å². The van der Waals surface area contributed by atoms with E-state index < -0.39 is 0 Å². The minimum atomic E-state index is -0.0355. The second-order valence-corrected chi connectivity index (χ2v) is 5.59. The van der Waals surface area contributed by atoms with E-state index in [0.29, 0.717) is 9.23 Å². The van der Waals surface area contributed by atoms with E-state index in [4.69, 9.17) is 12.2 Å². The molecule has 0 aliphatic carbocycles. The molecule has 1 aliphatic rings. The summed E-state index contributed by atoms with van der Waals surface area (Å²) in [7, 11) is 1.69. The normalized spacial score (nSPS) is 18.4. The van der Waals surface area contributed by atoms with Gasteiger partial charge in [-0.25, -0.2) is 0 Å². The fraction of sp³-hybridized carbons (Fsp3) is 0.0667. The summed E-state index contributed by atoms with van der Waals surface area (Å²) in [6.45, 7) is 0. The Hall–Kier alpha value is -1.65. The standard InChI is InChI=1S/C15H13NOS2/c1-16-14(17)13(19-15(16)18)11-7-3-6-10-12-8-4-2-5-9-12/h2-11H,1H3/b7-3+,10-6+,13-11+. The third kappa shape index (κ3) is 3.66. The summed E-state index contributed by atoms with van der Waals surface area (Å²) in [5, 5.41) is 0. The zero-order valence-electron chi connectivity index (χ0n) is 10.4. The first kappa shape index (κ1) is 13.8. The lowest BCUT2D eigenvalue weighted by molar-refractivity contribution is -0.121. The largest absolute Gasteiger partial charge is 0.296 e. The molecule has 1 aromatic carbocycles.